The summed E-state index contributed by atoms with van der Waals surface area (Å²) >= 11 is 0. The molecule has 0 saturated carbocycles. The summed E-state index contributed by atoms with van der Waals surface area (Å²) in [6.07, 6.45) is 1.54. The Morgan fingerprint density at radius 1 is 1.47 bits per heavy atom. The van der Waals surface area contributed by atoms with Crippen LogP contribution in [0.4, 0.5) is 0 Å². The molecule has 0 aromatic heterocycles. The van der Waals surface area contributed by atoms with Gasteiger partial charge in [0.1, 0.15) is 6.10 Å². The van der Waals surface area contributed by atoms with Gasteiger partial charge in [-0.2, -0.15) is 0 Å². The van der Waals surface area contributed by atoms with Gasteiger partial charge < -0.3 is 9.47 Å². The molecular formula is C11H16O4. The smallest absolute Gasteiger partial charge is 0.313 e. The van der Waals surface area contributed by atoms with E-state index in [4.69, 9.17) is 9.47 Å². The first-order chi connectivity index (χ1) is 6.80. The van der Waals surface area contributed by atoms with Crippen LogP contribution in [0.25, 0.3) is 0 Å². The van der Waals surface area contributed by atoms with Gasteiger partial charge in [0.05, 0.1) is 5.41 Å². The molecule has 0 spiro atoms. The molecule has 84 valence electrons. The summed E-state index contributed by atoms with van der Waals surface area (Å²) in [4.78, 5) is 22.6. The normalized spacial score (nSPS) is 26.5. The molecule has 0 radical (unpaired) electrons. The third-order valence-electron chi connectivity index (χ3n) is 1.99. The summed E-state index contributed by atoms with van der Waals surface area (Å²) in [6, 6.07) is 0. The molecule has 0 aromatic rings. The fourth-order valence-electron chi connectivity index (χ4n) is 0.972. The zero-order chi connectivity index (χ0) is 11.6. The first-order valence-electron chi connectivity index (χ1n) is 4.89. The topological polar surface area (TPSA) is 52.6 Å². The van der Waals surface area contributed by atoms with Gasteiger partial charge in [0, 0.05) is 0 Å². The lowest BCUT2D eigenvalue weighted by atomic mass is 9.97. The number of hydrogen-bond acceptors (Lipinski definition) is 4. The maximum Gasteiger partial charge on any atom is 0.313 e. The second-order valence-electron chi connectivity index (χ2n) is 4.56. The number of carbonyl (C=O) groups is 2. The van der Waals surface area contributed by atoms with E-state index in [2.05, 4.69) is 0 Å². The summed E-state index contributed by atoms with van der Waals surface area (Å²) in [5.41, 5.74) is -0.568. The Balaban J connectivity index is 2.58. The summed E-state index contributed by atoms with van der Waals surface area (Å²) in [5.74, 6) is -0.461. The fourth-order valence-corrected chi connectivity index (χ4v) is 0.972. The highest BCUT2D eigenvalue weighted by molar-refractivity contribution is 5.94. The molecule has 1 aliphatic heterocycles. The Kier molecular flexibility index (Phi) is 3.29. The van der Waals surface area contributed by atoms with Crippen LogP contribution in [0.1, 0.15) is 27.7 Å². The molecule has 0 amide bonds. The molecular weight excluding hydrogens is 196 g/mol. The van der Waals surface area contributed by atoms with Gasteiger partial charge in [0.2, 0.25) is 6.29 Å². The average molecular weight is 212 g/mol. The third kappa shape index (κ3) is 3.16. The van der Waals surface area contributed by atoms with Crippen LogP contribution in [-0.2, 0) is 19.1 Å². The highest BCUT2D eigenvalue weighted by Crippen LogP contribution is 2.19. The van der Waals surface area contributed by atoms with E-state index in [1.807, 2.05) is 0 Å². The van der Waals surface area contributed by atoms with Crippen molar-refractivity contribution < 1.29 is 19.1 Å². The average Bonchev–Trinajstić information content (AvgIpc) is 2.10. The summed E-state index contributed by atoms with van der Waals surface area (Å²) in [6.45, 7) is 6.91. The van der Waals surface area contributed by atoms with Gasteiger partial charge in [-0.1, -0.05) is 0 Å². The maximum absolute atomic E-state index is 11.5. The maximum atomic E-state index is 11.5. The van der Waals surface area contributed by atoms with Gasteiger partial charge in [-0.15, -0.1) is 0 Å². The van der Waals surface area contributed by atoms with Crippen LogP contribution in [0.2, 0.25) is 0 Å². The monoisotopic (exact) mass is 212 g/mol. The first kappa shape index (κ1) is 11.9. The summed E-state index contributed by atoms with van der Waals surface area (Å²) < 4.78 is 10.3. The summed E-state index contributed by atoms with van der Waals surface area (Å²) in [7, 11) is 0. The highest BCUT2D eigenvalue weighted by Gasteiger charge is 2.29. The zero-order valence-electron chi connectivity index (χ0n) is 9.44. The van der Waals surface area contributed by atoms with Crippen molar-refractivity contribution in [2.75, 3.05) is 0 Å². The molecule has 0 aromatic carbocycles. The minimum atomic E-state index is -0.746. The summed E-state index contributed by atoms with van der Waals surface area (Å²) in [5, 5.41) is 0. The fraction of sp³-hybridized carbons (Fsp3) is 0.636. The predicted molar refractivity (Wildman–Crippen MR) is 54.0 cm³/mol. The molecule has 0 fully saturated rings. The van der Waals surface area contributed by atoms with Crippen LogP contribution in [0.5, 0.6) is 0 Å². The van der Waals surface area contributed by atoms with E-state index in [9.17, 15) is 9.59 Å². The standard InChI is InChI=1S/C11H16O4/c1-7-8(12)5-6-9(14-7)15-10(13)11(2,3)4/h5-7,9H,1-4H3/t7-,9-/m1/s1. The minimum Gasteiger partial charge on any atom is -0.431 e. The number of hydrogen-bond donors (Lipinski definition) is 0. The Hall–Kier alpha value is -1.16. The van der Waals surface area contributed by atoms with Gasteiger partial charge in [-0.3, -0.25) is 9.59 Å². The SMILES string of the molecule is C[C@H]1O[C@H](OC(=O)C(C)(C)C)C=CC1=O. The lowest BCUT2D eigenvalue weighted by Crippen LogP contribution is -2.35. The lowest BCUT2D eigenvalue weighted by molar-refractivity contribution is -0.187. The van der Waals surface area contributed by atoms with E-state index in [-0.39, 0.29) is 11.8 Å². The molecule has 0 N–H and O–H groups in total. The molecule has 1 heterocycles. The Morgan fingerprint density at radius 3 is 2.53 bits per heavy atom. The first-order valence-corrected chi connectivity index (χ1v) is 4.89. The number of rotatable bonds is 1. The van der Waals surface area contributed by atoms with E-state index < -0.39 is 17.8 Å². The van der Waals surface area contributed by atoms with Crippen LogP contribution in [0, 0.1) is 5.41 Å². The molecule has 4 heteroatoms. The Bertz CT molecular complexity index is 298. The number of carbonyl (C=O) groups excluding carboxylic acids is 2. The minimum absolute atomic E-state index is 0.113. The van der Waals surface area contributed by atoms with Crippen LogP contribution >= 0.6 is 0 Å². The van der Waals surface area contributed by atoms with Crippen molar-refractivity contribution in [1.29, 1.82) is 0 Å². The molecule has 4 nitrogen and oxygen atoms in total. The van der Waals surface area contributed by atoms with Gasteiger partial charge in [-0.05, 0) is 39.8 Å². The van der Waals surface area contributed by atoms with Gasteiger partial charge in [0.15, 0.2) is 5.78 Å². The van der Waals surface area contributed by atoms with E-state index in [0.29, 0.717) is 0 Å². The lowest BCUT2D eigenvalue weighted by Gasteiger charge is -2.25. The second kappa shape index (κ2) is 4.14. The molecule has 2 atom stereocenters. The number of ketones is 1. The van der Waals surface area contributed by atoms with Gasteiger partial charge in [-0.25, -0.2) is 0 Å². The molecule has 0 bridgehead atoms. The molecule has 0 unspecified atom stereocenters. The van der Waals surface area contributed by atoms with Crippen molar-refractivity contribution >= 4 is 11.8 Å². The van der Waals surface area contributed by atoms with Crippen LogP contribution in [0.3, 0.4) is 0 Å². The molecule has 0 saturated heterocycles. The van der Waals surface area contributed by atoms with E-state index >= 15 is 0 Å². The molecule has 1 rings (SSSR count). The van der Waals surface area contributed by atoms with Crippen molar-refractivity contribution in [2.24, 2.45) is 5.41 Å². The van der Waals surface area contributed by atoms with E-state index in [1.165, 1.54) is 12.2 Å². The number of ether oxygens (including phenoxy) is 2. The van der Waals surface area contributed by atoms with Crippen molar-refractivity contribution in [3.05, 3.63) is 12.2 Å². The number of esters is 1. The predicted octanol–water partition coefficient (Wildman–Crippen LogP) is 1.45. The largest absolute Gasteiger partial charge is 0.431 e. The molecule has 15 heavy (non-hydrogen) atoms. The molecule has 0 aliphatic carbocycles. The van der Waals surface area contributed by atoms with Crippen molar-refractivity contribution in [2.45, 2.75) is 40.1 Å². The van der Waals surface area contributed by atoms with Crippen LogP contribution in [0.15, 0.2) is 12.2 Å². The molecule has 1 aliphatic rings. The Morgan fingerprint density at radius 2 is 2.07 bits per heavy atom. The highest BCUT2D eigenvalue weighted by atomic mass is 16.7. The second-order valence-corrected chi connectivity index (χ2v) is 4.56. The van der Waals surface area contributed by atoms with Crippen molar-refractivity contribution in [3.63, 3.8) is 0 Å². The van der Waals surface area contributed by atoms with Crippen molar-refractivity contribution in [1.82, 2.24) is 0 Å². The quantitative estimate of drug-likeness (QED) is 0.617. The van der Waals surface area contributed by atoms with Gasteiger partial charge in [0.25, 0.3) is 0 Å². The van der Waals surface area contributed by atoms with Gasteiger partial charge >= 0.3 is 5.97 Å². The Labute approximate surface area is 89.2 Å². The zero-order valence-corrected chi connectivity index (χ0v) is 9.44. The van der Waals surface area contributed by atoms with Crippen molar-refractivity contribution in [3.8, 4) is 0 Å². The van der Waals surface area contributed by atoms with E-state index in [0.717, 1.165) is 0 Å². The third-order valence-corrected chi connectivity index (χ3v) is 1.99. The van der Waals surface area contributed by atoms with E-state index in [1.54, 1.807) is 27.7 Å². The van der Waals surface area contributed by atoms with Crippen LogP contribution in [-0.4, -0.2) is 24.1 Å². The van der Waals surface area contributed by atoms with Crippen LogP contribution < -0.4 is 0 Å².